The predicted molar refractivity (Wildman–Crippen MR) is 103 cm³/mol. The van der Waals surface area contributed by atoms with Crippen LogP contribution in [0.5, 0.6) is 5.75 Å². The van der Waals surface area contributed by atoms with Crippen LogP contribution in [0.15, 0.2) is 34.1 Å². The fraction of sp³-hybridized carbons (Fsp3) is 0.353. The molecule has 0 spiro atoms. The largest absolute Gasteiger partial charge is 0.495 e. The minimum Gasteiger partial charge on any atom is -0.495 e. The number of rotatable bonds is 4. The number of carbonyl (C=O) groups is 1. The Hall–Kier alpha value is -1.57. The lowest BCUT2D eigenvalue weighted by molar-refractivity contribution is 0.103. The molecular weight excluding hydrogens is 390 g/mol. The van der Waals surface area contributed by atoms with E-state index in [0.29, 0.717) is 4.88 Å². The Bertz CT molecular complexity index is 726. The first-order chi connectivity index (χ1) is 11.6. The molecule has 2 heterocycles. The molecule has 0 unspecified atom stereocenters. The fourth-order valence-corrected chi connectivity index (χ4v) is 3.97. The lowest BCUT2D eigenvalue weighted by Crippen LogP contribution is -2.44. The average Bonchev–Trinajstić information content (AvgIpc) is 3.02. The number of halogens is 1. The highest BCUT2D eigenvalue weighted by Gasteiger charge is 2.19. The molecule has 1 aromatic carbocycles. The Morgan fingerprint density at radius 3 is 2.58 bits per heavy atom. The zero-order chi connectivity index (χ0) is 17.1. The molecule has 7 heteroatoms. The Morgan fingerprint density at radius 2 is 1.96 bits per heavy atom. The third-order valence-corrected chi connectivity index (χ3v) is 5.70. The molecule has 1 fully saturated rings. The summed E-state index contributed by atoms with van der Waals surface area (Å²) >= 11 is 4.80. The predicted octanol–water partition coefficient (Wildman–Crippen LogP) is 3.52. The van der Waals surface area contributed by atoms with E-state index in [1.54, 1.807) is 7.11 Å². The van der Waals surface area contributed by atoms with Gasteiger partial charge in [-0.3, -0.25) is 4.79 Å². The second kappa shape index (κ2) is 7.55. The number of thiophene rings is 1. The second-order valence-corrected chi connectivity index (χ2v) is 8.20. The van der Waals surface area contributed by atoms with Crippen LogP contribution in [0.2, 0.25) is 0 Å². The van der Waals surface area contributed by atoms with Crippen molar-refractivity contribution < 1.29 is 9.53 Å². The highest BCUT2D eigenvalue weighted by atomic mass is 79.9. The second-order valence-electron chi connectivity index (χ2n) is 5.73. The van der Waals surface area contributed by atoms with Crippen LogP contribution >= 0.6 is 27.3 Å². The quantitative estimate of drug-likeness (QED) is 0.838. The molecule has 1 aliphatic rings. The van der Waals surface area contributed by atoms with Gasteiger partial charge in [0.15, 0.2) is 0 Å². The molecular formula is C17H20BrN3O2S. The third kappa shape index (κ3) is 3.91. The first kappa shape index (κ1) is 17.3. The monoisotopic (exact) mass is 409 g/mol. The van der Waals surface area contributed by atoms with Crippen LogP contribution in [0.1, 0.15) is 9.67 Å². The third-order valence-electron chi connectivity index (χ3n) is 4.08. The van der Waals surface area contributed by atoms with E-state index in [1.807, 2.05) is 30.3 Å². The Labute approximate surface area is 154 Å². The SMILES string of the molecule is COc1ccc(NC(=O)c2ccc(Br)s2)cc1N1CCN(C)CC1. The summed E-state index contributed by atoms with van der Waals surface area (Å²) in [5.41, 5.74) is 1.80. The fourth-order valence-electron chi connectivity index (χ4n) is 2.69. The Kier molecular flexibility index (Phi) is 5.43. The average molecular weight is 410 g/mol. The molecule has 1 aromatic heterocycles. The van der Waals surface area contributed by atoms with Crippen molar-refractivity contribution in [1.82, 2.24) is 4.90 Å². The first-order valence-corrected chi connectivity index (χ1v) is 9.36. The number of likely N-dealkylation sites (N-methyl/N-ethyl adjacent to an activating group) is 1. The van der Waals surface area contributed by atoms with Crippen molar-refractivity contribution in [3.05, 3.63) is 39.0 Å². The Morgan fingerprint density at radius 1 is 1.21 bits per heavy atom. The molecule has 1 amide bonds. The molecule has 5 nitrogen and oxygen atoms in total. The van der Waals surface area contributed by atoms with Gasteiger partial charge in [-0.05, 0) is 53.3 Å². The number of hydrogen-bond acceptors (Lipinski definition) is 5. The number of anilines is 2. The first-order valence-electron chi connectivity index (χ1n) is 7.75. The molecule has 1 N–H and O–H groups in total. The summed E-state index contributed by atoms with van der Waals surface area (Å²) in [4.78, 5) is 17.6. The van der Waals surface area contributed by atoms with Gasteiger partial charge < -0.3 is 19.9 Å². The van der Waals surface area contributed by atoms with Gasteiger partial charge in [-0.15, -0.1) is 11.3 Å². The number of hydrogen-bond donors (Lipinski definition) is 1. The number of amides is 1. The van der Waals surface area contributed by atoms with Crippen molar-refractivity contribution in [3.8, 4) is 5.75 Å². The van der Waals surface area contributed by atoms with Crippen LogP contribution in [-0.4, -0.2) is 51.1 Å². The molecule has 1 aliphatic heterocycles. The summed E-state index contributed by atoms with van der Waals surface area (Å²) < 4.78 is 6.45. The van der Waals surface area contributed by atoms with E-state index in [9.17, 15) is 4.79 Å². The smallest absolute Gasteiger partial charge is 0.265 e. The number of piperazine rings is 1. The Balaban J connectivity index is 1.79. The number of benzene rings is 1. The van der Waals surface area contributed by atoms with Gasteiger partial charge in [0.25, 0.3) is 5.91 Å². The van der Waals surface area contributed by atoms with Crippen molar-refractivity contribution in [1.29, 1.82) is 0 Å². The van der Waals surface area contributed by atoms with Crippen LogP contribution < -0.4 is 15.0 Å². The van der Waals surface area contributed by atoms with Crippen molar-refractivity contribution in [2.45, 2.75) is 0 Å². The van der Waals surface area contributed by atoms with Crippen LogP contribution in [-0.2, 0) is 0 Å². The highest BCUT2D eigenvalue weighted by Crippen LogP contribution is 2.32. The van der Waals surface area contributed by atoms with Crippen LogP contribution in [0.4, 0.5) is 11.4 Å². The normalized spacial score (nSPS) is 15.4. The molecule has 0 aliphatic carbocycles. The van der Waals surface area contributed by atoms with E-state index in [-0.39, 0.29) is 5.91 Å². The number of ether oxygens (including phenoxy) is 1. The van der Waals surface area contributed by atoms with Gasteiger partial charge in [0.05, 0.1) is 21.5 Å². The summed E-state index contributed by atoms with van der Waals surface area (Å²) in [6.45, 7) is 3.93. The zero-order valence-electron chi connectivity index (χ0n) is 13.7. The minimum absolute atomic E-state index is 0.0970. The molecule has 0 radical (unpaired) electrons. The van der Waals surface area contributed by atoms with Crippen LogP contribution in [0.25, 0.3) is 0 Å². The van der Waals surface area contributed by atoms with Crippen molar-refractivity contribution >= 4 is 44.5 Å². The van der Waals surface area contributed by atoms with E-state index in [4.69, 9.17) is 4.74 Å². The van der Waals surface area contributed by atoms with Gasteiger partial charge in [-0.1, -0.05) is 0 Å². The molecule has 24 heavy (non-hydrogen) atoms. The molecule has 1 saturated heterocycles. The lowest BCUT2D eigenvalue weighted by Gasteiger charge is -2.34. The summed E-state index contributed by atoms with van der Waals surface area (Å²) in [6.07, 6.45) is 0. The molecule has 0 atom stereocenters. The summed E-state index contributed by atoms with van der Waals surface area (Å²) in [5.74, 6) is 0.733. The zero-order valence-corrected chi connectivity index (χ0v) is 16.1. The van der Waals surface area contributed by atoms with Crippen molar-refractivity contribution in [3.63, 3.8) is 0 Å². The van der Waals surface area contributed by atoms with Gasteiger partial charge in [-0.25, -0.2) is 0 Å². The molecule has 128 valence electrons. The van der Waals surface area contributed by atoms with Crippen LogP contribution in [0, 0.1) is 0 Å². The van der Waals surface area contributed by atoms with E-state index in [1.165, 1.54) is 11.3 Å². The number of nitrogens with zero attached hydrogens (tertiary/aromatic N) is 2. The minimum atomic E-state index is -0.0970. The molecule has 0 bridgehead atoms. The molecule has 2 aromatic rings. The van der Waals surface area contributed by atoms with Crippen LogP contribution in [0.3, 0.4) is 0 Å². The maximum atomic E-state index is 12.3. The van der Waals surface area contributed by atoms with Gasteiger partial charge in [0.1, 0.15) is 5.75 Å². The van der Waals surface area contributed by atoms with Crippen molar-refractivity contribution in [2.24, 2.45) is 0 Å². The molecule has 0 saturated carbocycles. The summed E-state index contributed by atoms with van der Waals surface area (Å²) in [7, 11) is 3.81. The topological polar surface area (TPSA) is 44.8 Å². The summed E-state index contributed by atoms with van der Waals surface area (Å²) in [5, 5.41) is 2.97. The number of carbonyl (C=O) groups excluding carboxylic acids is 1. The van der Waals surface area contributed by atoms with Gasteiger partial charge >= 0.3 is 0 Å². The maximum Gasteiger partial charge on any atom is 0.265 e. The van der Waals surface area contributed by atoms with E-state index >= 15 is 0 Å². The standard InChI is InChI=1S/C17H20BrN3O2S/c1-20-7-9-21(10-8-20)13-11-12(3-4-14(13)23-2)19-17(22)15-5-6-16(18)24-15/h3-6,11H,7-10H2,1-2H3,(H,19,22). The van der Waals surface area contributed by atoms with E-state index in [0.717, 1.165) is 47.1 Å². The number of methoxy groups -OCH3 is 1. The molecule has 3 rings (SSSR count). The highest BCUT2D eigenvalue weighted by molar-refractivity contribution is 9.11. The van der Waals surface area contributed by atoms with Gasteiger partial charge in [0, 0.05) is 31.9 Å². The lowest BCUT2D eigenvalue weighted by atomic mass is 10.2. The van der Waals surface area contributed by atoms with Crippen molar-refractivity contribution in [2.75, 3.05) is 50.6 Å². The van der Waals surface area contributed by atoms with Gasteiger partial charge in [0.2, 0.25) is 0 Å². The van der Waals surface area contributed by atoms with Gasteiger partial charge in [-0.2, -0.15) is 0 Å². The van der Waals surface area contributed by atoms with E-state index in [2.05, 4.69) is 38.1 Å². The van der Waals surface area contributed by atoms with E-state index < -0.39 is 0 Å². The maximum absolute atomic E-state index is 12.3. The summed E-state index contributed by atoms with van der Waals surface area (Å²) in [6, 6.07) is 9.47. The number of nitrogens with one attached hydrogen (secondary N) is 1.